The molecule has 0 bridgehead atoms. The number of aromatic hydroxyl groups is 1. The zero-order valence-electron chi connectivity index (χ0n) is 26.3. The number of nitrogens with zero attached hydrogens (tertiary/aromatic N) is 2. The van der Waals surface area contributed by atoms with Crippen LogP contribution in [-0.2, 0) is 6.54 Å². The predicted octanol–water partition coefficient (Wildman–Crippen LogP) is 4.22. The maximum atomic E-state index is 13.0. The number of quaternary nitrogens is 1. The van der Waals surface area contributed by atoms with Crippen LogP contribution in [0.5, 0.6) is 11.5 Å². The lowest BCUT2D eigenvalue weighted by atomic mass is 9.88. The molecule has 3 heterocycles. The van der Waals surface area contributed by atoms with Gasteiger partial charge in [0.05, 0.1) is 18.7 Å². The molecule has 2 saturated heterocycles. The van der Waals surface area contributed by atoms with Crippen LogP contribution in [0.1, 0.15) is 83.2 Å². The Hall–Kier alpha value is -4.31. The van der Waals surface area contributed by atoms with E-state index in [0.29, 0.717) is 42.8 Å². The summed E-state index contributed by atoms with van der Waals surface area (Å²) in [5.74, 6) is 0.0808. The van der Waals surface area contributed by atoms with Crippen LogP contribution in [0.15, 0.2) is 66.9 Å². The number of alkyl halides is 1. The number of rotatable bonds is 9. The fourth-order valence-electron chi connectivity index (χ4n) is 5.80. The van der Waals surface area contributed by atoms with Crippen molar-refractivity contribution in [1.29, 1.82) is 0 Å². The smallest absolute Gasteiger partial charge is 0.272 e. The van der Waals surface area contributed by atoms with Gasteiger partial charge in [0.1, 0.15) is 23.7 Å². The van der Waals surface area contributed by atoms with Crippen LogP contribution in [0.3, 0.4) is 0 Å². The Kier molecular flexibility index (Phi) is 12.0. The molecular formula is C35H44FN4O5+. The van der Waals surface area contributed by atoms with E-state index in [-0.39, 0.29) is 41.0 Å². The fourth-order valence-corrected chi connectivity index (χ4v) is 5.80. The molecule has 1 aromatic heterocycles. The van der Waals surface area contributed by atoms with Gasteiger partial charge in [-0.3, -0.25) is 19.4 Å². The minimum Gasteiger partial charge on any atom is -0.508 e. The number of nitrogens with one attached hydrogen (secondary N) is 2. The topological polar surface area (TPSA) is 113 Å². The third-order valence-corrected chi connectivity index (χ3v) is 8.25. The highest BCUT2D eigenvalue weighted by atomic mass is 19.1. The van der Waals surface area contributed by atoms with Crippen molar-refractivity contribution in [2.24, 2.45) is 5.92 Å². The van der Waals surface area contributed by atoms with E-state index in [2.05, 4.69) is 10.3 Å². The van der Waals surface area contributed by atoms with Crippen molar-refractivity contribution < 1.29 is 33.5 Å². The second-order valence-electron chi connectivity index (χ2n) is 11.4. The number of ether oxygens (including phenoxy) is 1. The molecule has 2 fully saturated rings. The van der Waals surface area contributed by atoms with Gasteiger partial charge in [0.2, 0.25) is 6.36 Å². The molecule has 10 heteroatoms. The van der Waals surface area contributed by atoms with Crippen molar-refractivity contribution in [3.05, 3.63) is 89.2 Å². The lowest BCUT2D eigenvalue weighted by molar-refractivity contribution is -0.918. The lowest BCUT2D eigenvalue weighted by Gasteiger charge is -2.31. The first-order valence-corrected chi connectivity index (χ1v) is 15.9. The molecule has 0 radical (unpaired) electrons. The highest BCUT2D eigenvalue weighted by Gasteiger charge is 2.29. The number of hydrogen-bond donors (Lipinski definition) is 3. The molecule has 5 rings (SSSR count). The van der Waals surface area contributed by atoms with Crippen molar-refractivity contribution in [2.45, 2.75) is 65.4 Å². The number of likely N-dealkylation sites (tertiary alicyclic amines) is 2. The second-order valence-corrected chi connectivity index (χ2v) is 11.4. The molecule has 1 unspecified atom stereocenters. The van der Waals surface area contributed by atoms with E-state index in [1.807, 2.05) is 26.0 Å². The van der Waals surface area contributed by atoms with Gasteiger partial charge in [0.25, 0.3) is 11.8 Å². The summed E-state index contributed by atoms with van der Waals surface area (Å²) in [4.78, 5) is 46.1. The number of phenolic OH excluding ortho intramolecular Hbond substituents is 1. The monoisotopic (exact) mass is 619 g/mol. The Bertz CT molecular complexity index is 1400. The predicted molar refractivity (Wildman–Crippen MR) is 169 cm³/mol. The number of phenols is 1. The number of amides is 2. The summed E-state index contributed by atoms with van der Waals surface area (Å²) in [6, 6.07) is 17.0. The first-order valence-electron chi connectivity index (χ1n) is 15.9. The minimum absolute atomic E-state index is 0.0266. The number of halogens is 1. The number of carbonyl (C=O) groups is 3. The number of aromatic nitrogens is 1. The fraction of sp³-hybridized carbons (Fsp3) is 0.429. The number of hydrogen-bond acceptors (Lipinski definition) is 6. The van der Waals surface area contributed by atoms with Gasteiger partial charge >= 0.3 is 0 Å². The van der Waals surface area contributed by atoms with Gasteiger partial charge in [0.15, 0.2) is 5.78 Å². The van der Waals surface area contributed by atoms with Crippen LogP contribution in [0.2, 0.25) is 0 Å². The first-order chi connectivity index (χ1) is 21.7. The van der Waals surface area contributed by atoms with Gasteiger partial charge in [-0.05, 0) is 73.5 Å². The zero-order valence-corrected chi connectivity index (χ0v) is 26.3. The molecule has 2 amide bonds. The number of Topliss-reactive ketones (excluding diaryl/α,β-unsaturated/α-hetero) is 1. The molecule has 3 N–H and O–H groups in total. The van der Waals surface area contributed by atoms with Gasteiger partial charge in [-0.25, -0.2) is 4.39 Å². The molecular weight excluding hydrogens is 575 g/mol. The number of carbonyl (C=O) groups excluding carboxylic acids is 3. The standard InChI is InChI=1S/C33H37FN4O5.C2H6/c1-22(34)43-29-9-2-23(3-10-29)21-37-16-14-27(15-17-37)36-32(41)26-6-11-30(35-20-26)33(42)38-18-12-25(13-19-38)31(40)24-4-7-28(39)8-5-24;1-2/h2-11,20,22,25,27,39H,12-19,21H2,1H3,(H,36,41);1-2H3/p+1. The number of pyridine rings is 1. The molecule has 2 aliphatic heterocycles. The molecule has 9 nitrogen and oxygen atoms in total. The van der Waals surface area contributed by atoms with Crippen LogP contribution in [0, 0.1) is 5.92 Å². The number of piperidine rings is 2. The molecule has 240 valence electrons. The molecule has 0 spiro atoms. The van der Waals surface area contributed by atoms with Crippen molar-refractivity contribution in [3.63, 3.8) is 0 Å². The summed E-state index contributed by atoms with van der Waals surface area (Å²) in [5, 5.41) is 12.6. The summed E-state index contributed by atoms with van der Waals surface area (Å²) < 4.78 is 18.1. The van der Waals surface area contributed by atoms with Gasteiger partial charge in [-0.15, -0.1) is 0 Å². The highest BCUT2D eigenvalue weighted by molar-refractivity contribution is 5.99. The average molecular weight is 620 g/mol. The van der Waals surface area contributed by atoms with E-state index >= 15 is 0 Å². The van der Waals surface area contributed by atoms with Crippen molar-refractivity contribution >= 4 is 17.6 Å². The lowest BCUT2D eigenvalue weighted by Crippen LogP contribution is -3.12. The van der Waals surface area contributed by atoms with Crippen LogP contribution in [-0.4, -0.2) is 71.2 Å². The Morgan fingerprint density at radius 1 is 0.956 bits per heavy atom. The molecule has 0 aliphatic carbocycles. The van der Waals surface area contributed by atoms with E-state index in [0.717, 1.165) is 38.0 Å². The summed E-state index contributed by atoms with van der Waals surface area (Å²) in [6.07, 6.45) is 2.95. The third-order valence-electron chi connectivity index (χ3n) is 8.25. The largest absolute Gasteiger partial charge is 0.508 e. The quantitative estimate of drug-likeness (QED) is 0.309. The van der Waals surface area contributed by atoms with E-state index in [4.69, 9.17) is 4.74 Å². The summed E-state index contributed by atoms with van der Waals surface area (Å²) in [6.45, 7) is 8.97. The minimum atomic E-state index is -1.34. The SMILES string of the molecule is CC.CC(F)Oc1ccc(C[NH+]2CCC(NC(=O)c3ccc(C(=O)N4CCC(C(=O)c5ccc(O)cc5)CC4)nc3)CC2)cc1. The van der Waals surface area contributed by atoms with E-state index in [1.54, 1.807) is 41.3 Å². The normalized spacial score (nSPS) is 19.1. The molecule has 3 aromatic rings. The Balaban J connectivity index is 0.00000226. The molecule has 2 aromatic carbocycles. The van der Waals surface area contributed by atoms with E-state index < -0.39 is 6.36 Å². The Morgan fingerprint density at radius 3 is 2.16 bits per heavy atom. The average Bonchev–Trinajstić information content (AvgIpc) is 3.07. The van der Waals surface area contributed by atoms with Crippen LogP contribution in [0.4, 0.5) is 4.39 Å². The van der Waals surface area contributed by atoms with Crippen LogP contribution >= 0.6 is 0 Å². The van der Waals surface area contributed by atoms with E-state index in [9.17, 15) is 23.9 Å². The first kappa shape index (κ1) is 33.6. The number of ketones is 1. The van der Waals surface area contributed by atoms with Crippen LogP contribution in [0.25, 0.3) is 0 Å². The molecule has 1 atom stereocenters. The summed E-state index contributed by atoms with van der Waals surface area (Å²) in [7, 11) is 0. The van der Waals surface area contributed by atoms with Gasteiger partial charge < -0.3 is 25.0 Å². The van der Waals surface area contributed by atoms with Gasteiger partial charge in [-0.1, -0.05) is 13.8 Å². The van der Waals surface area contributed by atoms with Crippen molar-refractivity contribution in [2.75, 3.05) is 26.2 Å². The summed E-state index contributed by atoms with van der Waals surface area (Å²) in [5.41, 5.74) is 2.40. The Morgan fingerprint density at radius 2 is 1.58 bits per heavy atom. The van der Waals surface area contributed by atoms with E-state index in [1.165, 1.54) is 30.2 Å². The molecule has 45 heavy (non-hydrogen) atoms. The van der Waals surface area contributed by atoms with Crippen molar-refractivity contribution in [1.82, 2.24) is 15.2 Å². The highest BCUT2D eigenvalue weighted by Crippen LogP contribution is 2.24. The van der Waals surface area contributed by atoms with Gasteiger partial charge in [0, 0.05) is 62.1 Å². The van der Waals surface area contributed by atoms with Gasteiger partial charge in [-0.2, -0.15) is 0 Å². The summed E-state index contributed by atoms with van der Waals surface area (Å²) >= 11 is 0. The van der Waals surface area contributed by atoms with Crippen LogP contribution < -0.4 is 15.0 Å². The Labute approximate surface area is 264 Å². The zero-order chi connectivity index (χ0) is 32.3. The molecule has 0 saturated carbocycles. The maximum absolute atomic E-state index is 13.0. The second kappa shape index (κ2) is 16.1. The third kappa shape index (κ3) is 9.34. The maximum Gasteiger partial charge on any atom is 0.272 e. The van der Waals surface area contributed by atoms with Crippen molar-refractivity contribution in [3.8, 4) is 11.5 Å². The molecule has 2 aliphatic rings. The number of benzene rings is 2.